The van der Waals surface area contributed by atoms with Crippen LogP contribution in [0, 0.1) is 0 Å². The number of nitrogens with one attached hydrogen (secondary N) is 1. The number of aliphatic carboxylic acids is 1. The molecule has 2 atom stereocenters. The van der Waals surface area contributed by atoms with E-state index in [1.54, 1.807) is 0 Å². The lowest BCUT2D eigenvalue weighted by Gasteiger charge is -2.29. The van der Waals surface area contributed by atoms with E-state index in [-0.39, 0.29) is 22.6 Å². The molecule has 2 rings (SSSR count). The topological polar surface area (TPSA) is 104 Å². The van der Waals surface area contributed by atoms with E-state index in [1.165, 1.54) is 18.2 Å². The fraction of sp³-hybridized carbons (Fsp3) is 0.250. The van der Waals surface area contributed by atoms with E-state index in [1.807, 2.05) is 0 Å². The van der Waals surface area contributed by atoms with Crippen molar-refractivity contribution in [1.82, 2.24) is 5.32 Å². The predicted molar refractivity (Wildman–Crippen MR) is 64.9 cm³/mol. The summed E-state index contributed by atoms with van der Waals surface area (Å²) in [6.07, 6.45) is -2.02. The largest absolute Gasteiger partial charge is 0.481 e. The minimum absolute atomic E-state index is 0.121. The van der Waals surface area contributed by atoms with E-state index in [9.17, 15) is 19.5 Å². The van der Waals surface area contributed by atoms with Gasteiger partial charge >= 0.3 is 5.97 Å². The first-order valence-electron chi connectivity index (χ1n) is 5.38. The van der Waals surface area contributed by atoms with Crippen molar-refractivity contribution in [2.24, 2.45) is 0 Å². The summed E-state index contributed by atoms with van der Waals surface area (Å²) in [5, 5.41) is 21.4. The monoisotopic (exact) mass is 283 g/mol. The molecule has 0 bridgehead atoms. The Balaban J connectivity index is 2.60. The number of hydrogen-bond donors (Lipinski definition) is 3. The maximum absolute atomic E-state index is 12.3. The first-order chi connectivity index (χ1) is 8.94. The number of aliphatic hydroxyl groups excluding tert-OH is 1. The summed E-state index contributed by atoms with van der Waals surface area (Å²) < 4.78 is 0. The van der Waals surface area contributed by atoms with Gasteiger partial charge in [-0.2, -0.15) is 0 Å². The Labute approximate surface area is 113 Å². The van der Waals surface area contributed by atoms with Gasteiger partial charge in [-0.3, -0.25) is 14.4 Å². The van der Waals surface area contributed by atoms with Gasteiger partial charge in [0.1, 0.15) is 11.6 Å². The second-order valence-corrected chi connectivity index (χ2v) is 4.64. The minimum Gasteiger partial charge on any atom is -0.481 e. The average Bonchev–Trinajstić information content (AvgIpc) is 2.53. The summed E-state index contributed by atoms with van der Waals surface area (Å²) in [6, 6.07) is 4.43. The Bertz CT molecular complexity index is 573. The molecule has 0 aromatic heterocycles. The molecule has 0 saturated carbocycles. The molecule has 3 N–H and O–H groups in total. The van der Waals surface area contributed by atoms with Crippen molar-refractivity contribution in [2.45, 2.75) is 18.1 Å². The number of carbonyl (C=O) groups excluding carboxylic acids is 2. The lowest BCUT2D eigenvalue weighted by atomic mass is 9.88. The molecule has 0 fully saturated rings. The Hall–Kier alpha value is -1.92. The normalized spacial score (nSPS) is 24.9. The molecular weight excluding hydrogens is 274 g/mol. The number of hydrogen-bond acceptors (Lipinski definition) is 4. The highest BCUT2D eigenvalue weighted by Gasteiger charge is 2.54. The van der Waals surface area contributed by atoms with Crippen LogP contribution >= 0.6 is 11.6 Å². The number of benzene rings is 1. The summed E-state index contributed by atoms with van der Waals surface area (Å²) in [6.45, 7) is 0. The molecule has 1 aliphatic rings. The molecule has 100 valence electrons. The number of aliphatic hydroxyl groups is 1. The van der Waals surface area contributed by atoms with Crippen molar-refractivity contribution in [1.29, 1.82) is 0 Å². The first kappa shape index (κ1) is 13.5. The van der Waals surface area contributed by atoms with Gasteiger partial charge in [0.25, 0.3) is 0 Å². The zero-order valence-electron chi connectivity index (χ0n) is 9.59. The summed E-state index contributed by atoms with van der Waals surface area (Å²) >= 11 is 5.92. The second-order valence-electron chi connectivity index (χ2n) is 4.24. The van der Waals surface area contributed by atoms with Crippen molar-refractivity contribution in [3.63, 3.8) is 0 Å². The first-order valence-corrected chi connectivity index (χ1v) is 5.76. The molecular formula is C12H10ClNO5. The van der Waals surface area contributed by atoms with Crippen LogP contribution in [0.15, 0.2) is 18.2 Å². The lowest BCUT2D eigenvalue weighted by molar-refractivity contribution is -0.139. The molecule has 1 aromatic carbocycles. The van der Waals surface area contributed by atoms with E-state index < -0.39 is 29.8 Å². The summed E-state index contributed by atoms with van der Waals surface area (Å²) in [4.78, 5) is 33.9. The molecule has 0 spiro atoms. The smallest absolute Gasteiger partial charge is 0.306 e. The summed E-state index contributed by atoms with van der Waals surface area (Å²) in [7, 11) is 0. The number of Topliss-reactive ketones (excluding diaryl/α,β-unsaturated/α-hetero) is 1. The van der Waals surface area contributed by atoms with Crippen LogP contribution in [0.3, 0.4) is 0 Å². The highest BCUT2D eigenvalue weighted by Crippen LogP contribution is 2.44. The number of carboxylic acids is 1. The molecule has 7 heteroatoms. The minimum atomic E-state index is -1.90. The molecule has 2 unspecified atom stereocenters. The fourth-order valence-electron chi connectivity index (χ4n) is 2.34. The molecule has 0 radical (unpaired) electrons. The van der Waals surface area contributed by atoms with Gasteiger partial charge in [0.15, 0.2) is 5.78 Å². The Morgan fingerprint density at radius 3 is 2.74 bits per heavy atom. The van der Waals surface area contributed by atoms with Gasteiger partial charge in [-0.25, -0.2) is 0 Å². The summed E-state index contributed by atoms with van der Waals surface area (Å²) in [5.74, 6) is -1.97. The van der Waals surface area contributed by atoms with Crippen LogP contribution in [0.2, 0.25) is 5.02 Å². The van der Waals surface area contributed by atoms with Gasteiger partial charge in [-0.15, -0.1) is 0 Å². The van der Waals surface area contributed by atoms with E-state index in [2.05, 4.69) is 5.32 Å². The highest BCUT2D eigenvalue weighted by molar-refractivity contribution is 6.32. The third-order valence-electron chi connectivity index (χ3n) is 3.19. The van der Waals surface area contributed by atoms with Crippen LogP contribution in [-0.4, -0.2) is 33.9 Å². The number of ketones is 1. The Morgan fingerprint density at radius 2 is 2.21 bits per heavy atom. The van der Waals surface area contributed by atoms with Gasteiger partial charge < -0.3 is 15.5 Å². The van der Waals surface area contributed by atoms with E-state index >= 15 is 0 Å². The fourth-order valence-corrected chi connectivity index (χ4v) is 2.62. The van der Waals surface area contributed by atoms with Gasteiger partial charge in [-0.1, -0.05) is 23.7 Å². The van der Waals surface area contributed by atoms with Crippen LogP contribution in [0.1, 0.15) is 28.4 Å². The molecule has 1 aromatic rings. The maximum Gasteiger partial charge on any atom is 0.306 e. The van der Waals surface area contributed by atoms with E-state index in [4.69, 9.17) is 16.7 Å². The SMILES string of the molecule is O=CNC1(CC(=O)O)C(=O)c2cccc(Cl)c2C1O. The number of amides is 1. The molecule has 0 heterocycles. The van der Waals surface area contributed by atoms with Gasteiger partial charge in [-0.05, 0) is 6.07 Å². The zero-order chi connectivity index (χ0) is 14.2. The predicted octanol–water partition coefficient (Wildman–Crippen LogP) is 0.529. The number of halogens is 1. The standard InChI is InChI=1S/C12H10ClNO5/c13-7-3-1-2-6-9(7)11(19)12(10(6)18,14-5-15)4-8(16)17/h1-3,5,11,19H,4H2,(H,14,15)(H,16,17). The number of rotatable bonds is 4. The molecule has 0 aliphatic heterocycles. The van der Waals surface area contributed by atoms with Crippen LogP contribution < -0.4 is 5.32 Å². The van der Waals surface area contributed by atoms with E-state index in [0.29, 0.717) is 0 Å². The van der Waals surface area contributed by atoms with Gasteiger partial charge in [0.2, 0.25) is 6.41 Å². The zero-order valence-corrected chi connectivity index (χ0v) is 10.3. The molecule has 1 amide bonds. The molecule has 6 nitrogen and oxygen atoms in total. The van der Waals surface area contributed by atoms with Crippen molar-refractivity contribution >= 4 is 29.8 Å². The van der Waals surface area contributed by atoms with Crippen LogP contribution in [0.25, 0.3) is 0 Å². The van der Waals surface area contributed by atoms with Crippen molar-refractivity contribution in [3.8, 4) is 0 Å². The number of carbonyl (C=O) groups is 3. The van der Waals surface area contributed by atoms with Crippen LogP contribution in [-0.2, 0) is 9.59 Å². The third kappa shape index (κ3) is 1.89. The van der Waals surface area contributed by atoms with Crippen molar-refractivity contribution in [2.75, 3.05) is 0 Å². The number of carboxylic acid groups (broad SMARTS) is 1. The van der Waals surface area contributed by atoms with Gasteiger partial charge in [0.05, 0.1) is 6.42 Å². The molecule has 0 saturated heterocycles. The third-order valence-corrected chi connectivity index (χ3v) is 3.52. The van der Waals surface area contributed by atoms with Crippen LogP contribution in [0.5, 0.6) is 0 Å². The molecule has 19 heavy (non-hydrogen) atoms. The number of fused-ring (bicyclic) bond motifs is 1. The maximum atomic E-state index is 12.3. The summed E-state index contributed by atoms with van der Waals surface area (Å²) in [5.41, 5.74) is -1.64. The van der Waals surface area contributed by atoms with Crippen LogP contribution in [0.4, 0.5) is 0 Å². The van der Waals surface area contributed by atoms with E-state index in [0.717, 1.165) is 0 Å². The molecule has 1 aliphatic carbocycles. The average molecular weight is 284 g/mol. The lowest BCUT2D eigenvalue weighted by Crippen LogP contribution is -2.53. The van der Waals surface area contributed by atoms with Gasteiger partial charge in [0, 0.05) is 16.1 Å². The second kappa shape index (κ2) is 4.64. The van der Waals surface area contributed by atoms with Crippen molar-refractivity contribution in [3.05, 3.63) is 34.3 Å². The van der Waals surface area contributed by atoms with Crippen molar-refractivity contribution < 1.29 is 24.6 Å². The quantitative estimate of drug-likeness (QED) is 0.699. The Morgan fingerprint density at radius 1 is 1.53 bits per heavy atom. The Kier molecular flexibility index (Phi) is 3.30. The highest BCUT2D eigenvalue weighted by atomic mass is 35.5.